The molecule has 1 unspecified atom stereocenters. The lowest BCUT2D eigenvalue weighted by Crippen LogP contribution is -2.32. The van der Waals surface area contributed by atoms with Crippen molar-refractivity contribution in [2.45, 2.75) is 39.7 Å². The maximum Gasteiger partial charge on any atom is 0.319 e. The number of benzene rings is 1. The molecule has 0 aliphatic carbocycles. The number of carbonyl (C=O) groups is 2. The summed E-state index contributed by atoms with van der Waals surface area (Å²) in [6.45, 7) is 5.69. The molecule has 7 nitrogen and oxygen atoms in total. The normalized spacial score (nSPS) is 11.7. The molecule has 7 heteroatoms. The summed E-state index contributed by atoms with van der Waals surface area (Å²) < 4.78 is 5.18. The lowest BCUT2D eigenvalue weighted by Gasteiger charge is -2.17. The summed E-state index contributed by atoms with van der Waals surface area (Å²) in [7, 11) is 1.60. The molecule has 0 radical (unpaired) electrons. The molecule has 134 valence electrons. The minimum absolute atomic E-state index is 0.0521. The summed E-state index contributed by atoms with van der Waals surface area (Å²) in [5.41, 5.74) is 3.24. The molecule has 0 saturated carbocycles. The van der Waals surface area contributed by atoms with Gasteiger partial charge in [-0.15, -0.1) is 0 Å². The number of aromatic nitrogens is 1. The van der Waals surface area contributed by atoms with Gasteiger partial charge in [0.25, 0.3) is 0 Å². The fourth-order valence-electron chi connectivity index (χ4n) is 2.67. The highest BCUT2D eigenvalue weighted by atomic mass is 16.5. The molecule has 2 aromatic rings. The number of nitrogens with one attached hydrogen (secondary N) is 3. The maximum absolute atomic E-state index is 12.3. The van der Waals surface area contributed by atoms with Gasteiger partial charge in [-0.3, -0.25) is 4.79 Å². The number of carbonyl (C=O) groups excluding carboxylic acids is 2. The Hall–Kier alpha value is -2.83. The molecular formula is C18H24N4O3. The first kappa shape index (κ1) is 18.5. The number of urea groups is 1. The van der Waals surface area contributed by atoms with Crippen LogP contribution in [0.25, 0.3) is 0 Å². The van der Waals surface area contributed by atoms with E-state index < -0.39 is 0 Å². The topological polar surface area (TPSA) is 96.3 Å². The summed E-state index contributed by atoms with van der Waals surface area (Å²) in [6, 6.07) is 6.71. The zero-order valence-corrected chi connectivity index (χ0v) is 15.0. The van der Waals surface area contributed by atoms with Crippen molar-refractivity contribution in [2.75, 3.05) is 12.4 Å². The average Bonchev–Trinajstić information content (AvgIpc) is 2.93. The van der Waals surface area contributed by atoms with E-state index in [2.05, 4.69) is 21.1 Å². The number of hydrogen-bond acceptors (Lipinski definition) is 4. The van der Waals surface area contributed by atoms with Crippen LogP contribution in [-0.4, -0.2) is 24.1 Å². The second kappa shape index (κ2) is 8.32. The van der Waals surface area contributed by atoms with Crippen LogP contribution in [0.5, 0.6) is 0 Å². The Balaban J connectivity index is 1.98. The highest BCUT2D eigenvalue weighted by Crippen LogP contribution is 2.24. The van der Waals surface area contributed by atoms with Crippen molar-refractivity contribution in [3.63, 3.8) is 0 Å². The largest absolute Gasteiger partial charge is 0.361 e. The second-order valence-corrected chi connectivity index (χ2v) is 5.84. The Morgan fingerprint density at radius 1 is 1.20 bits per heavy atom. The Kier molecular flexibility index (Phi) is 6.16. The van der Waals surface area contributed by atoms with Crippen LogP contribution in [0.2, 0.25) is 0 Å². The zero-order valence-electron chi connectivity index (χ0n) is 15.0. The predicted molar refractivity (Wildman–Crippen MR) is 95.4 cm³/mol. The fraction of sp³-hybridized carbons (Fsp3) is 0.389. The van der Waals surface area contributed by atoms with Crippen LogP contribution in [-0.2, 0) is 11.2 Å². The molecule has 3 N–H and O–H groups in total. The van der Waals surface area contributed by atoms with Gasteiger partial charge < -0.3 is 20.5 Å². The van der Waals surface area contributed by atoms with Crippen molar-refractivity contribution in [3.8, 4) is 0 Å². The van der Waals surface area contributed by atoms with Crippen LogP contribution in [0.3, 0.4) is 0 Å². The van der Waals surface area contributed by atoms with Crippen molar-refractivity contribution in [3.05, 3.63) is 46.8 Å². The van der Waals surface area contributed by atoms with Gasteiger partial charge in [-0.2, -0.15) is 0 Å². The standard InChI is InChI=1S/C18H24N4O3/c1-5-15(17-11(2)22-25-12(17)3)21-18(24)20-14-8-6-13(7-9-14)10-16(23)19-4/h6-9,15H,5,10H2,1-4H3,(H,19,23)(H2,20,21,24). The fourth-order valence-corrected chi connectivity index (χ4v) is 2.67. The van der Waals surface area contributed by atoms with Crippen molar-refractivity contribution < 1.29 is 14.1 Å². The molecule has 1 atom stereocenters. The lowest BCUT2D eigenvalue weighted by atomic mass is 10.0. The number of hydrogen-bond donors (Lipinski definition) is 3. The van der Waals surface area contributed by atoms with E-state index in [1.165, 1.54) is 0 Å². The van der Waals surface area contributed by atoms with Gasteiger partial charge in [0.2, 0.25) is 5.91 Å². The zero-order chi connectivity index (χ0) is 18.4. The molecule has 1 aromatic heterocycles. The third-order valence-corrected chi connectivity index (χ3v) is 4.01. The van der Waals surface area contributed by atoms with Gasteiger partial charge >= 0.3 is 6.03 Å². The van der Waals surface area contributed by atoms with Crippen molar-refractivity contribution in [1.29, 1.82) is 0 Å². The van der Waals surface area contributed by atoms with E-state index in [1.807, 2.05) is 32.9 Å². The van der Waals surface area contributed by atoms with Crippen molar-refractivity contribution in [1.82, 2.24) is 15.8 Å². The number of amides is 3. The predicted octanol–water partition coefficient (Wildman–Crippen LogP) is 2.85. The summed E-state index contributed by atoms with van der Waals surface area (Å²) in [5, 5.41) is 12.3. The summed E-state index contributed by atoms with van der Waals surface area (Å²) in [5.74, 6) is 0.659. The SMILES string of the molecule is CCC(NC(=O)Nc1ccc(CC(=O)NC)cc1)c1c(C)noc1C. The molecule has 0 aliphatic heterocycles. The molecule has 3 amide bonds. The van der Waals surface area contributed by atoms with Gasteiger partial charge in [-0.05, 0) is 38.0 Å². The smallest absolute Gasteiger partial charge is 0.319 e. The molecule has 1 aromatic carbocycles. The number of anilines is 1. The Bertz CT molecular complexity index is 718. The number of nitrogens with zero attached hydrogens (tertiary/aromatic N) is 1. The summed E-state index contributed by atoms with van der Waals surface area (Å²) in [6.07, 6.45) is 1.04. The molecule has 0 aliphatic rings. The van der Waals surface area contributed by atoms with Crippen LogP contribution in [0, 0.1) is 13.8 Å². The van der Waals surface area contributed by atoms with Gasteiger partial charge in [0, 0.05) is 18.3 Å². The van der Waals surface area contributed by atoms with E-state index in [1.54, 1.807) is 19.2 Å². The first-order valence-corrected chi connectivity index (χ1v) is 8.24. The number of rotatable bonds is 6. The van der Waals surface area contributed by atoms with Crippen molar-refractivity contribution in [2.24, 2.45) is 0 Å². The molecule has 2 rings (SSSR count). The Morgan fingerprint density at radius 3 is 2.40 bits per heavy atom. The molecule has 0 spiro atoms. The molecule has 0 bridgehead atoms. The Morgan fingerprint density at radius 2 is 1.88 bits per heavy atom. The van der Waals surface area contributed by atoms with Crippen LogP contribution in [0.1, 0.15) is 42.0 Å². The second-order valence-electron chi connectivity index (χ2n) is 5.84. The van der Waals surface area contributed by atoms with Crippen molar-refractivity contribution >= 4 is 17.6 Å². The first-order valence-electron chi connectivity index (χ1n) is 8.24. The molecule has 0 saturated heterocycles. The summed E-state index contributed by atoms with van der Waals surface area (Å²) in [4.78, 5) is 23.6. The third kappa shape index (κ3) is 4.82. The van der Waals surface area contributed by atoms with Crippen LogP contribution < -0.4 is 16.0 Å². The van der Waals surface area contributed by atoms with E-state index in [-0.39, 0.29) is 18.0 Å². The van der Waals surface area contributed by atoms with Gasteiger partial charge in [0.15, 0.2) is 0 Å². The molecule has 0 fully saturated rings. The maximum atomic E-state index is 12.3. The van der Waals surface area contributed by atoms with Gasteiger partial charge in [0.05, 0.1) is 18.2 Å². The lowest BCUT2D eigenvalue weighted by molar-refractivity contribution is -0.119. The quantitative estimate of drug-likeness (QED) is 0.751. The Labute approximate surface area is 147 Å². The molecule has 25 heavy (non-hydrogen) atoms. The van der Waals surface area contributed by atoms with E-state index in [4.69, 9.17) is 4.52 Å². The highest BCUT2D eigenvalue weighted by molar-refractivity contribution is 5.89. The monoisotopic (exact) mass is 344 g/mol. The van der Waals surface area contributed by atoms with Crippen LogP contribution in [0.4, 0.5) is 10.5 Å². The number of aryl methyl sites for hydroxylation is 2. The third-order valence-electron chi connectivity index (χ3n) is 4.01. The van der Waals surface area contributed by atoms with E-state index in [9.17, 15) is 9.59 Å². The minimum Gasteiger partial charge on any atom is -0.361 e. The van der Waals surface area contributed by atoms with E-state index >= 15 is 0 Å². The average molecular weight is 344 g/mol. The molecule has 1 heterocycles. The van der Waals surface area contributed by atoms with E-state index in [0.29, 0.717) is 17.9 Å². The van der Waals surface area contributed by atoms with Crippen LogP contribution in [0.15, 0.2) is 28.8 Å². The summed E-state index contributed by atoms with van der Waals surface area (Å²) >= 11 is 0. The van der Waals surface area contributed by atoms with Crippen LogP contribution >= 0.6 is 0 Å². The minimum atomic E-state index is -0.300. The van der Waals surface area contributed by atoms with E-state index in [0.717, 1.165) is 23.2 Å². The first-order chi connectivity index (χ1) is 11.9. The highest BCUT2D eigenvalue weighted by Gasteiger charge is 2.20. The molecular weight excluding hydrogens is 320 g/mol. The van der Waals surface area contributed by atoms with Gasteiger partial charge in [-0.25, -0.2) is 4.79 Å². The van der Waals surface area contributed by atoms with Gasteiger partial charge in [0.1, 0.15) is 5.76 Å². The van der Waals surface area contributed by atoms with Gasteiger partial charge in [-0.1, -0.05) is 24.2 Å². The number of likely N-dealkylation sites (N-methyl/N-ethyl adjacent to an activating group) is 1.